The van der Waals surface area contributed by atoms with Crippen molar-refractivity contribution in [3.05, 3.63) is 54.4 Å². The first-order valence-corrected chi connectivity index (χ1v) is 9.11. The number of anilines is 2. The molecular formula is C20H24N4O. The van der Waals surface area contributed by atoms with Gasteiger partial charge >= 0.3 is 0 Å². The van der Waals surface area contributed by atoms with E-state index in [1.165, 1.54) is 25.9 Å². The number of likely N-dealkylation sites (tertiary alicyclic amines) is 1. The minimum Gasteiger partial charge on any atom is -0.367 e. The van der Waals surface area contributed by atoms with Gasteiger partial charge in [-0.2, -0.15) is 0 Å². The summed E-state index contributed by atoms with van der Waals surface area (Å²) < 4.78 is 0. The molecule has 2 aliphatic rings. The molecule has 0 aliphatic carbocycles. The molecule has 3 heterocycles. The van der Waals surface area contributed by atoms with Gasteiger partial charge in [-0.1, -0.05) is 12.1 Å². The lowest BCUT2D eigenvalue weighted by molar-refractivity contribution is 0.0986. The van der Waals surface area contributed by atoms with Crippen LogP contribution in [0.3, 0.4) is 0 Å². The van der Waals surface area contributed by atoms with Crippen molar-refractivity contribution in [1.82, 2.24) is 9.88 Å². The summed E-state index contributed by atoms with van der Waals surface area (Å²) in [4.78, 5) is 23.8. The highest BCUT2D eigenvalue weighted by molar-refractivity contribution is 6.08. The smallest absolute Gasteiger partial charge is 0.258 e. The van der Waals surface area contributed by atoms with Crippen LogP contribution >= 0.6 is 0 Å². The SMILES string of the molecule is O=C(c1ccncc1)N1CCN(CCN2CCCC2)c2ccccc21. The number of hydrogen-bond donors (Lipinski definition) is 0. The van der Waals surface area contributed by atoms with E-state index < -0.39 is 0 Å². The fourth-order valence-corrected chi connectivity index (χ4v) is 3.78. The first kappa shape index (κ1) is 16.1. The molecule has 4 rings (SSSR count). The van der Waals surface area contributed by atoms with Gasteiger partial charge < -0.3 is 14.7 Å². The number of amides is 1. The van der Waals surface area contributed by atoms with Gasteiger partial charge in [0.1, 0.15) is 0 Å². The fourth-order valence-electron chi connectivity index (χ4n) is 3.78. The maximum Gasteiger partial charge on any atom is 0.258 e. The number of nitrogens with zero attached hydrogens (tertiary/aromatic N) is 4. The van der Waals surface area contributed by atoms with E-state index in [1.807, 2.05) is 11.0 Å². The van der Waals surface area contributed by atoms with Crippen LogP contribution in [0.4, 0.5) is 11.4 Å². The Balaban J connectivity index is 1.53. The third-order valence-corrected chi connectivity index (χ3v) is 5.16. The van der Waals surface area contributed by atoms with Crippen LogP contribution in [0.1, 0.15) is 23.2 Å². The van der Waals surface area contributed by atoms with E-state index in [1.54, 1.807) is 24.5 Å². The van der Waals surface area contributed by atoms with Crippen LogP contribution in [-0.2, 0) is 0 Å². The summed E-state index contributed by atoms with van der Waals surface area (Å²) in [5, 5.41) is 0. The lowest BCUT2D eigenvalue weighted by Gasteiger charge is -2.38. The maximum atomic E-state index is 12.9. The van der Waals surface area contributed by atoms with Crippen molar-refractivity contribution in [3.63, 3.8) is 0 Å². The zero-order valence-corrected chi connectivity index (χ0v) is 14.5. The van der Waals surface area contributed by atoms with Crippen molar-refractivity contribution >= 4 is 17.3 Å². The summed E-state index contributed by atoms with van der Waals surface area (Å²) in [5.74, 6) is 0.0500. The molecule has 1 fully saturated rings. The van der Waals surface area contributed by atoms with E-state index in [0.717, 1.165) is 37.6 Å². The molecule has 0 N–H and O–H groups in total. The molecule has 1 aromatic carbocycles. The van der Waals surface area contributed by atoms with Gasteiger partial charge in [0.05, 0.1) is 11.4 Å². The Morgan fingerprint density at radius 3 is 2.36 bits per heavy atom. The molecular weight excluding hydrogens is 312 g/mol. The lowest BCUT2D eigenvalue weighted by atomic mass is 10.1. The minimum atomic E-state index is 0.0500. The van der Waals surface area contributed by atoms with Crippen LogP contribution in [0.15, 0.2) is 48.8 Å². The number of carbonyl (C=O) groups is 1. The van der Waals surface area contributed by atoms with Crippen LogP contribution in [-0.4, -0.2) is 55.1 Å². The standard InChI is InChI=1S/C20H24N4O/c25-20(17-7-9-21-10-8-17)24-16-15-23(14-13-22-11-3-4-12-22)18-5-1-2-6-19(18)24/h1-2,5-10H,3-4,11-16H2. The van der Waals surface area contributed by atoms with Crippen LogP contribution in [0.2, 0.25) is 0 Å². The normalized spacial score (nSPS) is 17.6. The van der Waals surface area contributed by atoms with Gasteiger partial charge in [-0.15, -0.1) is 0 Å². The molecule has 0 unspecified atom stereocenters. The van der Waals surface area contributed by atoms with E-state index in [0.29, 0.717) is 5.56 Å². The number of para-hydroxylation sites is 2. The summed E-state index contributed by atoms with van der Waals surface area (Å²) in [7, 11) is 0. The number of hydrogen-bond acceptors (Lipinski definition) is 4. The molecule has 130 valence electrons. The highest BCUT2D eigenvalue weighted by Crippen LogP contribution is 2.33. The Kier molecular flexibility index (Phi) is 4.65. The fraction of sp³-hybridized carbons (Fsp3) is 0.400. The predicted molar refractivity (Wildman–Crippen MR) is 100 cm³/mol. The van der Waals surface area contributed by atoms with Crippen molar-refractivity contribution < 1.29 is 4.79 Å². The highest BCUT2D eigenvalue weighted by Gasteiger charge is 2.27. The van der Waals surface area contributed by atoms with Gasteiger partial charge in [0, 0.05) is 44.1 Å². The number of pyridine rings is 1. The quantitative estimate of drug-likeness (QED) is 0.860. The molecule has 0 radical (unpaired) electrons. The summed E-state index contributed by atoms with van der Waals surface area (Å²) in [6, 6.07) is 11.8. The molecule has 1 saturated heterocycles. The lowest BCUT2D eigenvalue weighted by Crippen LogP contribution is -2.46. The third kappa shape index (κ3) is 3.37. The van der Waals surface area contributed by atoms with E-state index >= 15 is 0 Å². The van der Waals surface area contributed by atoms with Crippen molar-refractivity contribution in [2.75, 3.05) is 49.1 Å². The van der Waals surface area contributed by atoms with E-state index in [4.69, 9.17) is 0 Å². The van der Waals surface area contributed by atoms with Crippen molar-refractivity contribution in [1.29, 1.82) is 0 Å². The molecule has 5 heteroatoms. The molecule has 0 atom stereocenters. The second kappa shape index (κ2) is 7.23. The molecule has 25 heavy (non-hydrogen) atoms. The molecule has 1 aromatic heterocycles. The third-order valence-electron chi connectivity index (χ3n) is 5.16. The predicted octanol–water partition coefficient (Wildman–Crippen LogP) is 2.64. The van der Waals surface area contributed by atoms with Gasteiger partial charge in [0.15, 0.2) is 0 Å². The van der Waals surface area contributed by atoms with Crippen molar-refractivity contribution in [2.45, 2.75) is 12.8 Å². The van der Waals surface area contributed by atoms with Crippen LogP contribution < -0.4 is 9.80 Å². The number of benzene rings is 1. The Bertz CT molecular complexity index is 727. The summed E-state index contributed by atoms with van der Waals surface area (Å²) in [6.45, 7) is 6.17. The van der Waals surface area contributed by atoms with E-state index in [9.17, 15) is 4.79 Å². The Morgan fingerprint density at radius 1 is 0.880 bits per heavy atom. The van der Waals surface area contributed by atoms with E-state index in [2.05, 4.69) is 33.0 Å². The summed E-state index contributed by atoms with van der Waals surface area (Å²) in [5.41, 5.74) is 2.86. The summed E-state index contributed by atoms with van der Waals surface area (Å²) >= 11 is 0. The first-order chi connectivity index (χ1) is 12.3. The van der Waals surface area contributed by atoms with Gasteiger partial charge in [0.2, 0.25) is 0 Å². The van der Waals surface area contributed by atoms with Crippen LogP contribution in [0.25, 0.3) is 0 Å². The highest BCUT2D eigenvalue weighted by atomic mass is 16.2. The zero-order valence-electron chi connectivity index (χ0n) is 14.5. The van der Waals surface area contributed by atoms with Crippen LogP contribution in [0, 0.1) is 0 Å². The Labute approximate surface area is 148 Å². The number of fused-ring (bicyclic) bond motifs is 1. The summed E-state index contributed by atoms with van der Waals surface area (Å²) in [6.07, 6.45) is 5.99. The number of rotatable bonds is 4. The Hall–Kier alpha value is -2.40. The van der Waals surface area contributed by atoms with Crippen molar-refractivity contribution in [3.8, 4) is 0 Å². The number of carbonyl (C=O) groups excluding carboxylic acids is 1. The number of aromatic nitrogens is 1. The zero-order chi connectivity index (χ0) is 17.1. The average Bonchev–Trinajstić information content (AvgIpc) is 3.20. The molecule has 5 nitrogen and oxygen atoms in total. The van der Waals surface area contributed by atoms with Gasteiger partial charge in [-0.25, -0.2) is 0 Å². The van der Waals surface area contributed by atoms with Crippen molar-refractivity contribution in [2.24, 2.45) is 0 Å². The van der Waals surface area contributed by atoms with Crippen LogP contribution in [0.5, 0.6) is 0 Å². The largest absolute Gasteiger partial charge is 0.367 e. The minimum absolute atomic E-state index is 0.0500. The molecule has 0 saturated carbocycles. The first-order valence-electron chi connectivity index (χ1n) is 9.11. The van der Waals surface area contributed by atoms with Gasteiger partial charge in [-0.3, -0.25) is 9.78 Å². The van der Waals surface area contributed by atoms with Gasteiger partial charge in [0.25, 0.3) is 5.91 Å². The molecule has 2 aliphatic heterocycles. The second-order valence-electron chi connectivity index (χ2n) is 6.72. The Morgan fingerprint density at radius 2 is 1.60 bits per heavy atom. The molecule has 0 spiro atoms. The average molecular weight is 336 g/mol. The van der Waals surface area contributed by atoms with Gasteiger partial charge in [-0.05, 0) is 50.2 Å². The monoisotopic (exact) mass is 336 g/mol. The topological polar surface area (TPSA) is 39.7 Å². The van der Waals surface area contributed by atoms with E-state index in [-0.39, 0.29) is 5.91 Å². The second-order valence-corrected chi connectivity index (χ2v) is 6.72. The molecule has 2 aromatic rings. The molecule has 0 bridgehead atoms. The maximum absolute atomic E-state index is 12.9. The molecule has 1 amide bonds.